The highest BCUT2D eigenvalue weighted by Gasteiger charge is 2.47. The summed E-state index contributed by atoms with van der Waals surface area (Å²) in [7, 11) is 0. The molecule has 4 fully saturated rings. The van der Waals surface area contributed by atoms with E-state index in [0.717, 1.165) is 58.2 Å². The van der Waals surface area contributed by atoms with E-state index < -0.39 is 0 Å². The lowest BCUT2D eigenvalue weighted by molar-refractivity contribution is 0.0135. The molecule has 0 N–H and O–H groups in total. The minimum Gasteiger partial charge on any atom is -0.0776 e. The molecule has 0 spiro atoms. The summed E-state index contributed by atoms with van der Waals surface area (Å²) in [6.07, 6.45) is 20.6. The molecule has 0 nitrogen and oxygen atoms in total. The van der Waals surface area contributed by atoms with E-state index in [1.807, 2.05) is 0 Å². The van der Waals surface area contributed by atoms with Crippen molar-refractivity contribution in [1.82, 2.24) is 0 Å². The Bertz CT molecular complexity index is 654. The van der Waals surface area contributed by atoms with Gasteiger partial charge in [0.05, 0.1) is 0 Å². The molecule has 0 aromatic rings. The van der Waals surface area contributed by atoms with Crippen LogP contribution in [0.25, 0.3) is 0 Å². The van der Waals surface area contributed by atoms with Crippen molar-refractivity contribution in [1.29, 1.82) is 0 Å². The quantitative estimate of drug-likeness (QED) is 0.241. The summed E-state index contributed by atoms with van der Waals surface area (Å²) in [4.78, 5) is 0. The van der Waals surface area contributed by atoms with Crippen LogP contribution in [0.5, 0.6) is 0 Å². The van der Waals surface area contributed by atoms with Crippen LogP contribution in [0.3, 0.4) is 0 Å². The second-order valence-corrected chi connectivity index (χ2v) is 18.3. The van der Waals surface area contributed by atoms with Gasteiger partial charge in [-0.2, -0.15) is 0 Å². The fourth-order valence-corrected chi connectivity index (χ4v) is 10.3. The van der Waals surface area contributed by atoms with Crippen molar-refractivity contribution in [3.05, 3.63) is 0 Å². The van der Waals surface area contributed by atoms with Gasteiger partial charge in [-0.25, -0.2) is 0 Å². The summed E-state index contributed by atoms with van der Waals surface area (Å²) in [5.74, 6) is 7.09. The second kappa shape index (κ2) is 24.2. The molecular weight excluding hydrogens is 565 g/mol. The first-order valence-electron chi connectivity index (χ1n) is 19.4. The summed E-state index contributed by atoms with van der Waals surface area (Å²) in [5, 5.41) is 0. The molecule has 0 bridgehead atoms. The lowest BCUT2D eigenvalue weighted by Gasteiger charge is -2.49. The zero-order chi connectivity index (χ0) is 32.5. The van der Waals surface area contributed by atoms with Crippen molar-refractivity contribution in [3.63, 3.8) is 0 Å². The van der Waals surface area contributed by atoms with Crippen LogP contribution < -0.4 is 0 Å². The Kier molecular flexibility index (Phi) is 29.1. The molecule has 47 heavy (non-hydrogen) atoms. The molecule has 0 saturated heterocycles. The lowest BCUT2D eigenvalue weighted by atomic mass is 9.56. The van der Waals surface area contributed by atoms with Gasteiger partial charge in [-0.3, -0.25) is 0 Å². The van der Waals surface area contributed by atoms with Crippen molar-refractivity contribution in [3.8, 4) is 0 Å². The van der Waals surface area contributed by atoms with Gasteiger partial charge in [-0.05, 0) is 120 Å². The van der Waals surface area contributed by atoms with E-state index in [1.165, 1.54) is 89.9 Å². The summed E-state index contributed by atoms with van der Waals surface area (Å²) < 4.78 is 0. The average Bonchev–Trinajstić information content (AvgIpc) is 3.54. The van der Waals surface area contributed by atoms with Gasteiger partial charge in [-0.15, -0.1) is 0 Å². The van der Waals surface area contributed by atoms with Crippen molar-refractivity contribution in [2.24, 2.45) is 69.0 Å². The van der Waals surface area contributed by atoms with E-state index in [9.17, 15) is 0 Å². The van der Waals surface area contributed by atoms with Crippen LogP contribution >= 0.6 is 0 Å². The maximum absolute atomic E-state index is 2.41. The molecule has 4 saturated carbocycles. The minimum absolute atomic E-state index is 0. The van der Waals surface area contributed by atoms with E-state index in [2.05, 4.69) is 111 Å². The highest BCUT2D eigenvalue weighted by molar-refractivity contribution is 4.97. The Balaban J connectivity index is -0.000000162. The smallest absolute Gasteiger partial charge is 0.0251 e. The zero-order valence-corrected chi connectivity index (χ0v) is 32.5. The van der Waals surface area contributed by atoms with Crippen LogP contribution in [-0.4, -0.2) is 0 Å². The van der Waals surface area contributed by atoms with Crippen LogP contribution in [-0.2, 0) is 0 Å². The first kappa shape index (κ1) is 56.4. The van der Waals surface area contributed by atoms with Gasteiger partial charge in [0.1, 0.15) is 0 Å². The van der Waals surface area contributed by atoms with Gasteiger partial charge in [0, 0.05) is 0 Å². The van der Waals surface area contributed by atoms with Crippen molar-refractivity contribution in [2.45, 2.75) is 238 Å². The van der Waals surface area contributed by atoms with Crippen molar-refractivity contribution < 1.29 is 0 Å². The summed E-state index contributed by atoms with van der Waals surface area (Å²) in [5.41, 5.74) is 2.85. The molecule has 4 aliphatic rings. The lowest BCUT2D eigenvalue weighted by Crippen LogP contribution is -2.39. The first-order valence-corrected chi connectivity index (χ1v) is 19.4. The average molecular weight is 669 g/mol. The molecule has 0 atom stereocenters. The largest absolute Gasteiger partial charge is 0.0776 e. The van der Waals surface area contributed by atoms with E-state index in [1.54, 1.807) is 0 Å². The third-order valence-electron chi connectivity index (χ3n) is 14.6. The number of hydrogen-bond donors (Lipinski definition) is 0. The minimum atomic E-state index is 0. The first-order chi connectivity index (χ1) is 19.4. The molecule has 0 aromatic heterocycles. The SMILES string of the molecule is C.C.C.C.C.CC(C)C1(C(C)C)CC1.CC(C)C1(C(C)C)CCC1.CC(C)C1(C(C)C)CCCC1.CC(C)C1(C(C)C)CCCCC1. The van der Waals surface area contributed by atoms with Crippen molar-refractivity contribution >= 4 is 0 Å². The summed E-state index contributed by atoms with van der Waals surface area (Å²) in [6, 6.07) is 0. The van der Waals surface area contributed by atoms with E-state index >= 15 is 0 Å². The van der Waals surface area contributed by atoms with E-state index in [4.69, 9.17) is 0 Å². The fraction of sp³-hybridized carbons (Fsp3) is 1.00. The third kappa shape index (κ3) is 13.9. The molecule has 4 rings (SSSR count). The highest BCUT2D eigenvalue weighted by Crippen LogP contribution is 2.57. The van der Waals surface area contributed by atoms with Gasteiger partial charge in [0.25, 0.3) is 0 Å². The molecular formula is C47H104. The number of rotatable bonds is 8. The fourth-order valence-electron chi connectivity index (χ4n) is 10.3. The zero-order valence-electron chi connectivity index (χ0n) is 32.5. The van der Waals surface area contributed by atoms with Gasteiger partial charge in [-0.1, -0.05) is 186 Å². The van der Waals surface area contributed by atoms with Gasteiger partial charge < -0.3 is 0 Å². The predicted molar refractivity (Wildman–Crippen MR) is 227 cm³/mol. The third-order valence-corrected chi connectivity index (χ3v) is 14.6. The molecule has 0 heteroatoms. The molecule has 292 valence electrons. The van der Waals surface area contributed by atoms with Gasteiger partial charge in [0.2, 0.25) is 0 Å². The molecule has 4 aliphatic carbocycles. The van der Waals surface area contributed by atoms with Gasteiger partial charge >= 0.3 is 0 Å². The summed E-state index contributed by atoms with van der Waals surface area (Å²) in [6.45, 7) is 38.1. The molecule has 0 aliphatic heterocycles. The Morgan fingerprint density at radius 3 is 0.447 bits per heavy atom. The molecule has 0 aromatic carbocycles. The Morgan fingerprint density at radius 1 is 0.213 bits per heavy atom. The number of hydrogen-bond acceptors (Lipinski definition) is 0. The highest BCUT2D eigenvalue weighted by atomic mass is 14.5. The summed E-state index contributed by atoms with van der Waals surface area (Å²) >= 11 is 0. The normalized spacial score (nSPS) is 20.9. The Labute approximate surface area is 306 Å². The monoisotopic (exact) mass is 669 g/mol. The standard InChI is InChI=1S/C12H24.C11H22.C10H20.C9H18.5CH4/c1-10(2)12(11(3)4)8-6-5-7-9-12;1-9(2)11(10(3)4)7-5-6-8-11;1-8(2)10(9(3)4)6-5-7-10;1-7(2)9(5-6-9)8(3)4;;;;;/h10-11H,5-9H2,1-4H3;9-10H,5-8H2,1-4H3;8-9H,5-7H2,1-4H3;7-8H,5-6H2,1-4H3;5*1H4. The van der Waals surface area contributed by atoms with Gasteiger partial charge in [0.15, 0.2) is 0 Å². The van der Waals surface area contributed by atoms with Crippen molar-refractivity contribution in [2.75, 3.05) is 0 Å². The van der Waals surface area contributed by atoms with Crippen LogP contribution in [0.1, 0.15) is 238 Å². The van der Waals surface area contributed by atoms with Crippen LogP contribution in [0.4, 0.5) is 0 Å². The predicted octanol–water partition coefficient (Wildman–Crippen LogP) is 17.8. The topological polar surface area (TPSA) is 0 Å². The molecule has 0 amide bonds. The van der Waals surface area contributed by atoms with Crippen LogP contribution in [0.2, 0.25) is 0 Å². The maximum atomic E-state index is 2.41. The van der Waals surface area contributed by atoms with E-state index in [-0.39, 0.29) is 37.1 Å². The Morgan fingerprint density at radius 2 is 0.362 bits per heavy atom. The maximum Gasteiger partial charge on any atom is -0.0251 e. The molecule has 0 radical (unpaired) electrons. The van der Waals surface area contributed by atoms with Crippen LogP contribution in [0.15, 0.2) is 0 Å². The Hall–Kier alpha value is 0. The molecule has 0 unspecified atom stereocenters. The second-order valence-electron chi connectivity index (χ2n) is 18.3. The molecule has 0 heterocycles. The van der Waals surface area contributed by atoms with E-state index in [0.29, 0.717) is 10.8 Å². The van der Waals surface area contributed by atoms with Crippen LogP contribution in [0, 0.1) is 69.0 Å².